The molecule has 2 aliphatic rings. The lowest BCUT2D eigenvalue weighted by Gasteiger charge is -2.32. The Bertz CT molecular complexity index is 948. The molecule has 3 heterocycles. The van der Waals surface area contributed by atoms with Gasteiger partial charge in [-0.3, -0.25) is 19.7 Å². The maximum absolute atomic E-state index is 12.8. The molecule has 1 aromatic carbocycles. The van der Waals surface area contributed by atoms with Crippen molar-refractivity contribution < 1.29 is 4.74 Å². The van der Waals surface area contributed by atoms with Crippen molar-refractivity contribution in [1.82, 2.24) is 19.8 Å². The molecule has 0 spiro atoms. The molecular weight excluding hydrogens is 368 g/mol. The van der Waals surface area contributed by atoms with Gasteiger partial charge in [0.05, 0.1) is 13.7 Å². The first-order valence-electron chi connectivity index (χ1n) is 10.2. The van der Waals surface area contributed by atoms with E-state index in [9.17, 15) is 4.79 Å². The summed E-state index contributed by atoms with van der Waals surface area (Å²) in [7, 11) is 1.63. The van der Waals surface area contributed by atoms with Crippen molar-refractivity contribution in [3.8, 4) is 5.75 Å². The third-order valence-corrected chi connectivity index (χ3v) is 5.41. The Morgan fingerprint density at radius 1 is 1.24 bits per heavy atom. The summed E-state index contributed by atoms with van der Waals surface area (Å²) < 4.78 is 7.14. The normalized spacial score (nSPS) is 20.6. The second-order valence-electron chi connectivity index (χ2n) is 7.48. The Hall–Kier alpha value is -2.87. The minimum atomic E-state index is -0.447. The highest BCUT2D eigenvalue weighted by Gasteiger charge is 2.28. The fraction of sp³-hybridized carbons (Fsp3) is 0.476. The highest BCUT2D eigenvalue weighted by molar-refractivity contribution is 5.93. The zero-order valence-corrected chi connectivity index (χ0v) is 17.0. The number of benzene rings is 1. The van der Waals surface area contributed by atoms with Crippen LogP contribution in [0.25, 0.3) is 0 Å². The number of methoxy groups -OCH3 is 1. The van der Waals surface area contributed by atoms with Crippen LogP contribution in [0.15, 0.2) is 40.1 Å². The zero-order valence-electron chi connectivity index (χ0n) is 17.0. The number of aromatic nitrogens is 2. The van der Waals surface area contributed by atoms with E-state index in [0.29, 0.717) is 29.9 Å². The van der Waals surface area contributed by atoms with Gasteiger partial charge in [0.2, 0.25) is 5.95 Å². The second-order valence-corrected chi connectivity index (χ2v) is 7.48. The number of aryl methyl sites for hydroxylation is 1. The van der Waals surface area contributed by atoms with Gasteiger partial charge in [-0.15, -0.1) is 0 Å². The Balaban J connectivity index is 1.63. The molecule has 0 bridgehead atoms. The molecular formula is C21H28N6O2. The van der Waals surface area contributed by atoms with Crippen molar-refractivity contribution in [1.29, 1.82) is 0 Å². The van der Waals surface area contributed by atoms with Crippen LogP contribution in [-0.4, -0.2) is 53.7 Å². The largest absolute Gasteiger partial charge is 0.496 e. The number of rotatable bonds is 5. The number of piperidine rings is 1. The van der Waals surface area contributed by atoms with E-state index < -0.39 is 6.17 Å². The van der Waals surface area contributed by atoms with Crippen molar-refractivity contribution in [2.75, 3.05) is 38.6 Å². The number of hydrogen-bond acceptors (Lipinski definition) is 5. The maximum atomic E-state index is 12.8. The molecule has 4 rings (SSSR count). The molecule has 0 radical (unpaired) electrons. The summed E-state index contributed by atoms with van der Waals surface area (Å²) in [4.78, 5) is 24.5. The number of guanidine groups is 1. The smallest absolute Gasteiger partial charge is 0.257 e. The van der Waals surface area contributed by atoms with Crippen molar-refractivity contribution in [3.05, 3.63) is 51.9 Å². The van der Waals surface area contributed by atoms with Gasteiger partial charge in [0.15, 0.2) is 5.96 Å². The van der Waals surface area contributed by atoms with Gasteiger partial charge in [-0.05, 0) is 38.9 Å². The van der Waals surface area contributed by atoms with E-state index in [4.69, 9.17) is 9.73 Å². The molecule has 8 nitrogen and oxygen atoms in total. The van der Waals surface area contributed by atoms with E-state index in [1.165, 1.54) is 25.3 Å². The first-order chi connectivity index (χ1) is 14.2. The van der Waals surface area contributed by atoms with Crippen LogP contribution in [0, 0.1) is 6.92 Å². The number of anilines is 1. The van der Waals surface area contributed by atoms with E-state index in [1.807, 2.05) is 31.2 Å². The monoisotopic (exact) mass is 396 g/mol. The lowest BCUT2D eigenvalue weighted by Crippen LogP contribution is -2.48. The van der Waals surface area contributed by atoms with Crippen LogP contribution in [0.1, 0.15) is 36.7 Å². The number of hydrogen-bond donors (Lipinski definition) is 2. The number of nitrogens with one attached hydrogen (secondary N) is 2. The number of para-hydroxylation sites is 1. The number of likely N-dealkylation sites (tertiary alicyclic amines) is 1. The Labute approximate surface area is 170 Å². The highest BCUT2D eigenvalue weighted by atomic mass is 16.5. The Morgan fingerprint density at radius 3 is 2.83 bits per heavy atom. The fourth-order valence-corrected chi connectivity index (χ4v) is 3.96. The minimum absolute atomic E-state index is 0.129. The van der Waals surface area contributed by atoms with Crippen molar-refractivity contribution in [2.24, 2.45) is 4.99 Å². The third kappa shape index (κ3) is 4.27. The fourth-order valence-electron chi connectivity index (χ4n) is 3.96. The molecule has 154 valence electrons. The molecule has 2 N–H and O–H groups in total. The molecule has 29 heavy (non-hydrogen) atoms. The summed E-state index contributed by atoms with van der Waals surface area (Å²) in [6.07, 6.45) is 3.41. The third-order valence-electron chi connectivity index (χ3n) is 5.41. The van der Waals surface area contributed by atoms with Gasteiger partial charge in [-0.2, -0.15) is 0 Å². The number of nitrogens with zero attached hydrogens (tertiary/aromatic N) is 4. The lowest BCUT2D eigenvalue weighted by atomic mass is 10.1. The molecule has 1 aromatic heterocycles. The van der Waals surface area contributed by atoms with Crippen molar-refractivity contribution in [2.45, 2.75) is 32.4 Å². The van der Waals surface area contributed by atoms with Gasteiger partial charge < -0.3 is 15.0 Å². The molecule has 0 amide bonds. The molecule has 1 unspecified atom stereocenters. The number of fused-ring (bicyclic) bond motifs is 1. The molecule has 2 aliphatic heterocycles. The van der Waals surface area contributed by atoms with E-state index >= 15 is 0 Å². The van der Waals surface area contributed by atoms with Gasteiger partial charge in [-0.1, -0.05) is 24.6 Å². The van der Waals surface area contributed by atoms with E-state index in [-0.39, 0.29) is 5.56 Å². The first kappa shape index (κ1) is 19.4. The van der Waals surface area contributed by atoms with Crippen molar-refractivity contribution >= 4 is 11.9 Å². The second kappa shape index (κ2) is 8.65. The minimum Gasteiger partial charge on any atom is -0.496 e. The quantitative estimate of drug-likeness (QED) is 0.804. The average molecular weight is 396 g/mol. The van der Waals surface area contributed by atoms with Gasteiger partial charge in [0.1, 0.15) is 11.9 Å². The van der Waals surface area contributed by atoms with Gasteiger partial charge in [-0.25, -0.2) is 4.98 Å². The standard InChI is InChI=1S/C21H28N6O2/c1-15-14-18(28)27-19(16-8-4-5-9-17(16)29-2)24-20(25-21(27)23-15)22-10-13-26-11-6-3-7-12-26/h4-5,8-9,14,19H,3,6-7,10-13H2,1-2H3,(H2,22,23,24,25). The SMILES string of the molecule is COc1ccccc1C1NC(=NCCN2CCCCC2)Nc2nc(C)cc(=O)n21. The van der Waals surface area contributed by atoms with Crippen LogP contribution in [0.3, 0.4) is 0 Å². The summed E-state index contributed by atoms with van der Waals surface area (Å²) >= 11 is 0. The van der Waals surface area contributed by atoms with Crippen LogP contribution < -0.4 is 20.9 Å². The molecule has 0 aliphatic carbocycles. The summed E-state index contributed by atoms with van der Waals surface area (Å²) in [5.74, 6) is 1.81. The number of aliphatic imine (C=N–C) groups is 1. The van der Waals surface area contributed by atoms with Crippen molar-refractivity contribution in [3.63, 3.8) is 0 Å². The van der Waals surface area contributed by atoms with Crippen LogP contribution in [-0.2, 0) is 0 Å². The zero-order chi connectivity index (χ0) is 20.2. The Morgan fingerprint density at radius 2 is 2.03 bits per heavy atom. The summed E-state index contributed by atoms with van der Waals surface area (Å²) in [5.41, 5.74) is 1.40. The maximum Gasteiger partial charge on any atom is 0.257 e. The first-order valence-corrected chi connectivity index (χ1v) is 10.2. The average Bonchev–Trinajstić information content (AvgIpc) is 2.73. The van der Waals surface area contributed by atoms with E-state index in [1.54, 1.807) is 11.7 Å². The highest BCUT2D eigenvalue weighted by Crippen LogP contribution is 2.28. The lowest BCUT2D eigenvalue weighted by molar-refractivity contribution is 0.235. The van der Waals surface area contributed by atoms with Crippen LogP contribution in [0.2, 0.25) is 0 Å². The van der Waals surface area contributed by atoms with Crippen LogP contribution >= 0.6 is 0 Å². The molecule has 8 heteroatoms. The molecule has 2 aromatic rings. The summed E-state index contributed by atoms with van der Waals surface area (Å²) in [5, 5.41) is 6.55. The molecule has 1 saturated heterocycles. The molecule has 1 fully saturated rings. The predicted molar refractivity (Wildman–Crippen MR) is 114 cm³/mol. The predicted octanol–water partition coefficient (Wildman–Crippen LogP) is 1.96. The number of ether oxygens (including phenoxy) is 1. The molecule has 0 saturated carbocycles. The van der Waals surface area contributed by atoms with Gasteiger partial charge in [0, 0.05) is 23.9 Å². The van der Waals surface area contributed by atoms with Crippen LogP contribution in [0.4, 0.5) is 5.95 Å². The van der Waals surface area contributed by atoms with Gasteiger partial charge in [0.25, 0.3) is 5.56 Å². The summed E-state index contributed by atoms with van der Waals surface area (Å²) in [6.45, 7) is 5.73. The Kier molecular flexibility index (Phi) is 5.80. The topological polar surface area (TPSA) is 83.8 Å². The van der Waals surface area contributed by atoms with Gasteiger partial charge >= 0.3 is 0 Å². The van der Waals surface area contributed by atoms with E-state index in [2.05, 4.69) is 20.5 Å². The molecule has 1 atom stereocenters. The van der Waals surface area contributed by atoms with E-state index in [0.717, 1.165) is 25.2 Å². The summed E-state index contributed by atoms with van der Waals surface area (Å²) in [6, 6.07) is 9.21. The van der Waals surface area contributed by atoms with Crippen LogP contribution in [0.5, 0.6) is 5.75 Å².